The molecule has 5 unspecified atom stereocenters. The highest BCUT2D eigenvalue weighted by Crippen LogP contribution is 2.63. The molecular weight excluding hydrogens is 735 g/mol. The first-order chi connectivity index (χ1) is 28.1. The molecule has 5 aliphatic rings. The van der Waals surface area contributed by atoms with Crippen molar-refractivity contribution < 1.29 is 34.0 Å². The summed E-state index contributed by atoms with van der Waals surface area (Å²) < 4.78 is 25.8. The van der Waals surface area contributed by atoms with Crippen molar-refractivity contribution in [1.82, 2.24) is 21.3 Å². The lowest BCUT2D eigenvalue weighted by Gasteiger charge is -2.39. The Kier molecular flexibility index (Phi) is 11.1. The maximum Gasteiger partial charge on any atom is 0.302 e. The Bertz CT molecular complexity index is 2230. The summed E-state index contributed by atoms with van der Waals surface area (Å²) in [6.45, 7) is 2.95. The van der Waals surface area contributed by atoms with Gasteiger partial charge in [0.1, 0.15) is 36.1 Å². The molecule has 12 heteroatoms. The fraction of sp³-hybridized carbons (Fsp3) is 0.457. The highest BCUT2D eigenvalue weighted by atomic mass is 16.5. The molecule has 58 heavy (non-hydrogen) atoms. The van der Waals surface area contributed by atoms with Gasteiger partial charge in [-0.3, -0.25) is 4.79 Å². The van der Waals surface area contributed by atoms with E-state index < -0.39 is 6.10 Å². The molecule has 1 spiro atoms. The maximum atomic E-state index is 12.5. The van der Waals surface area contributed by atoms with E-state index in [2.05, 4.69) is 51.3 Å². The molecule has 4 bridgehead atoms. The number of rotatable bonds is 11. The molecule has 1 saturated carbocycles. The molecule has 3 heterocycles. The van der Waals surface area contributed by atoms with Gasteiger partial charge in [0, 0.05) is 72.3 Å². The number of benzene rings is 3. The highest BCUT2D eigenvalue weighted by molar-refractivity contribution is 5.84. The fourth-order valence-electron chi connectivity index (χ4n) is 10.2. The molecule has 0 amide bonds. The summed E-state index contributed by atoms with van der Waals surface area (Å²) in [5.74, 6) is 8.45. The van der Waals surface area contributed by atoms with Gasteiger partial charge in [0.15, 0.2) is 11.5 Å². The van der Waals surface area contributed by atoms with E-state index in [1.54, 1.807) is 13.2 Å². The van der Waals surface area contributed by atoms with Crippen molar-refractivity contribution in [3.63, 3.8) is 0 Å². The number of dihydropyridines is 1. The second kappa shape index (κ2) is 16.2. The van der Waals surface area contributed by atoms with Gasteiger partial charge in [0.2, 0.25) is 0 Å². The fourth-order valence-corrected chi connectivity index (χ4v) is 10.2. The summed E-state index contributed by atoms with van der Waals surface area (Å²) >= 11 is 0. The number of fused-ring (bicyclic) bond motifs is 6. The predicted octanol–water partition coefficient (Wildman–Crippen LogP) is 4.70. The normalized spacial score (nSPS) is 23.6. The number of carbonyl (C=O) groups excluding carboxylic acids is 1. The lowest BCUT2D eigenvalue weighted by molar-refractivity contribution is -0.141. The number of nitrogens with two attached hydrogens (primary N) is 1. The number of methoxy groups -OCH3 is 1. The van der Waals surface area contributed by atoms with Crippen molar-refractivity contribution in [2.24, 2.45) is 11.7 Å². The Labute approximate surface area is 340 Å². The summed E-state index contributed by atoms with van der Waals surface area (Å²) in [7, 11) is 7.22. The molecule has 8 rings (SSSR count). The first-order valence-electron chi connectivity index (χ1n) is 20.4. The van der Waals surface area contributed by atoms with Gasteiger partial charge in [-0.2, -0.15) is 0 Å². The lowest BCUT2D eigenvalue weighted by atomic mass is 9.65. The van der Waals surface area contributed by atoms with Crippen LogP contribution in [-0.2, 0) is 34.3 Å². The zero-order chi connectivity index (χ0) is 40.7. The van der Waals surface area contributed by atoms with Gasteiger partial charge in [-0.15, -0.1) is 0 Å². The van der Waals surface area contributed by atoms with Crippen LogP contribution in [0.3, 0.4) is 0 Å². The van der Waals surface area contributed by atoms with E-state index in [0.29, 0.717) is 55.5 Å². The molecule has 0 radical (unpaired) electrons. The smallest absolute Gasteiger partial charge is 0.302 e. The number of hydrogen-bond acceptors (Lipinski definition) is 12. The van der Waals surface area contributed by atoms with E-state index in [-0.39, 0.29) is 47.7 Å². The Morgan fingerprint density at radius 2 is 1.91 bits per heavy atom. The Morgan fingerprint density at radius 3 is 2.66 bits per heavy atom. The van der Waals surface area contributed by atoms with Crippen LogP contribution in [0.25, 0.3) is 11.1 Å². The average Bonchev–Trinajstić information content (AvgIpc) is 3.77. The third-order valence-electron chi connectivity index (χ3n) is 12.6. The molecule has 8 N–H and O–H groups in total. The maximum absolute atomic E-state index is 12.5. The number of likely N-dealkylation sites (N-methyl/N-ethyl adjacent to an activating group) is 2. The zero-order valence-corrected chi connectivity index (χ0v) is 34.0. The summed E-state index contributed by atoms with van der Waals surface area (Å²) in [6, 6.07) is 9.73. The molecule has 3 aliphatic heterocycles. The van der Waals surface area contributed by atoms with Crippen molar-refractivity contribution in [2.75, 3.05) is 47.9 Å². The van der Waals surface area contributed by atoms with Crippen LogP contribution in [0.2, 0.25) is 0 Å². The van der Waals surface area contributed by atoms with E-state index >= 15 is 0 Å². The molecule has 5 atom stereocenters. The van der Waals surface area contributed by atoms with E-state index in [9.17, 15) is 15.0 Å². The largest absolute Gasteiger partial charge is 0.508 e. The van der Waals surface area contributed by atoms with Crippen LogP contribution in [0.1, 0.15) is 78.0 Å². The molecule has 3 aromatic rings. The molecule has 306 valence electrons. The van der Waals surface area contributed by atoms with E-state index in [4.69, 9.17) is 24.7 Å². The zero-order valence-electron chi connectivity index (χ0n) is 34.0. The van der Waals surface area contributed by atoms with Crippen LogP contribution in [0.15, 0.2) is 53.8 Å². The standard InChI is InChI=1S/C46H55N5O7/c1-25(52)56-24-36-32-10-11-33-41-28(16-29(53)17-38(41)55-5)20-46-14-13-26(19-46)15-27-9-12-40(47)51-37(27)8-6-7-31-34(44(36)58-45(32)42(33)46)18-39(43(54)35(31)23-50-4)57-30(21-48-2)22-49-3/h9-12,16-18,26,30,36,40,44,48-51,53-54H,7,13-15,19-24,47H2,1-5H3. The third-order valence-corrected chi connectivity index (χ3v) is 12.6. The monoisotopic (exact) mass is 789 g/mol. The number of nitrogens with one attached hydrogen (secondary N) is 4. The van der Waals surface area contributed by atoms with Crippen LogP contribution < -0.4 is 41.2 Å². The summed E-state index contributed by atoms with van der Waals surface area (Å²) in [5.41, 5.74) is 15.4. The topological polar surface area (TPSA) is 169 Å². The van der Waals surface area contributed by atoms with Crippen molar-refractivity contribution in [1.29, 1.82) is 0 Å². The number of hydrogen-bond donors (Lipinski definition) is 7. The minimum Gasteiger partial charge on any atom is -0.508 e. The first kappa shape index (κ1) is 39.6. The second-order valence-corrected chi connectivity index (χ2v) is 16.4. The Hall–Kier alpha value is -5.19. The molecule has 1 fully saturated rings. The molecule has 0 aromatic heterocycles. The number of ether oxygens (including phenoxy) is 4. The summed E-state index contributed by atoms with van der Waals surface area (Å²) in [6.07, 6.45) is 7.46. The van der Waals surface area contributed by atoms with Crippen molar-refractivity contribution >= 4 is 5.97 Å². The van der Waals surface area contributed by atoms with Crippen LogP contribution >= 0.6 is 0 Å². The van der Waals surface area contributed by atoms with E-state index in [1.807, 2.05) is 39.4 Å². The Balaban J connectivity index is 1.40. The number of esters is 1. The lowest BCUT2D eigenvalue weighted by Crippen LogP contribution is -2.37. The van der Waals surface area contributed by atoms with Crippen LogP contribution in [-0.4, -0.2) is 76.4 Å². The molecule has 3 aromatic carbocycles. The minimum absolute atomic E-state index is 0.0401. The van der Waals surface area contributed by atoms with Crippen molar-refractivity contribution in [3.8, 4) is 51.7 Å². The number of phenols is 2. The van der Waals surface area contributed by atoms with Gasteiger partial charge in [-0.25, -0.2) is 0 Å². The summed E-state index contributed by atoms with van der Waals surface area (Å²) in [4.78, 5) is 12.5. The number of carbonyl (C=O) groups is 1. The van der Waals surface area contributed by atoms with Gasteiger partial charge >= 0.3 is 5.97 Å². The number of aromatic hydroxyl groups is 2. The molecule has 2 aliphatic carbocycles. The molecular formula is C46H55N5O7. The predicted molar refractivity (Wildman–Crippen MR) is 222 cm³/mol. The Morgan fingerprint density at radius 1 is 1.10 bits per heavy atom. The van der Waals surface area contributed by atoms with Crippen LogP contribution in [0.5, 0.6) is 28.7 Å². The SMILES string of the molecule is CNCc1c(O)c(OC(CNC)CNC)cc2c1CC#CC1=C(C=CC(N)N1)CC1CCC3(Cc4cc(O)cc(OC)c4-c4ccc5c(c43)OC2C5COC(C)=O)C1. The number of phenolic OH excluding ortho intramolecular Hbond substituents is 2. The van der Waals surface area contributed by atoms with Crippen LogP contribution in [0, 0.1) is 17.8 Å². The first-order valence-corrected chi connectivity index (χ1v) is 20.4. The van der Waals surface area contributed by atoms with Gasteiger partial charge in [0.25, 0.3) is 0 Å². The molecule has 0 saturated heterocycles. The third kappa shape index (κ3) is 7.15. The van der Waals surface area contributed by atoms with E-state index in [1.165, 1.54) is 6.92 Å². The number of allylic oxidation sites excluding steroid dienone is 3. The summed E-state index contributed by atoms with van der Waals surface area (Å²) in [5, 5.41) is 36.0. The van der Waals surface area contributed by atoms with Crippen molar-refractivity contribution in [3.05, 3.63) is 87.1 Å². The molecule has 12 nitrogen and oxygen atoms in total. The van der Waals surface area contributed by atoms with Crippen LogP contribution in [0.4, 0.5) is 0 Å². The van der Waals surface area contributed by atoms with Gasteiger partial charge in [0.05, 0.1) is 24.9 Å². The van der Waals surface area contributed by atoms with Crippen molar-refractivity contribution in [2.45, 2.75) is 81.7 Å². The van der Waals surface area contributed by atoms with E-state index in [0.717, 1.165) is 81.6 Å². The quantitative estimate of drug-likeness (QED) is 0.106. The van der Waals surface area contributed by atoms with Gasteiger partial charge in [-0.05, 0) is 106 Å². The highest BCUT2D eigenvalue weighted by Gasteiger charge is 2.51. The second-order valence-electron chi connectivity index (χ2n) is 16.4. The minimum atomic E-state index is -0.621. The average molecular weight is 790 g/mol. The van der Waals surface area contributed by atoms with Gasteiger partial charge < -0.3 is 56.2 Å². The van der Waals surface area contributed by atoms with Gasteiger partial charge in [-0.1, -0.05) is 24.1 Å².